The fourth-order valence-corrected chi connectivity index (χ4v) is 1.87. The third-order valence-corrected chi connectivity index (χ3v) is 3.03. The molecule has 3 N–H and O–H groups in total. The van der Waals surface area contributed by atoms with Crippen molar-refractivity contribution < 1.29 is 13.3 Å². The van der Waals surface area contributed by atoms with Gasteiger partial charge in [0.1, 0.15) is 0 Å². The van der Waals surface area contributed by atoms with Crippen LogP contribution in [0.4, 0.5) is 5.69 Å². The number of hydrazine groups is 1. The summed E-state index contributed by atoms with van der Waals surface area (Å²) >= 11 is 5.50. The average molecular weight is 252 g/mol. The Morgan fingerprint density at radius 2 is 2.07 bits per heavy atom. The maximum atomic E-state index is 11.3. The van der Waals surface area contributed by atoms with Gasteiger partial charge in [0.05, 0.1) is 4.92 Å². The zero-order valence-electron chi connectivity index (χ0n) is 7.18. The number of nitrogens with two attached hydrogens (primary N) is 1. The van der Waals surface area contributed by atoms with Gasteiger partial charge in [-0.1, -0.05) is 11.6 Å². The molecule has 0 radical (unpaired) electrons. The molecule has 0 saturated heterocycles. The van der Waals surface area contributed by atoms with Crippen molar-refractivity contribution in [1.29, 1.82) is 0 Å². The highest BCUT2D eigenvalue weighted by atomic mass is 35.5. The largest absolute Gasteiger partial charge is 0.290 e. The Hall–Kier alpha value is -1.22. The zero-order valence-corrected chi connectivity index (χ0v) is 8.75. The molecule has 0 aliphatic carbocycles. The Labute approximate surface area is 90.0 Å². The summed E-state index contributed by atoms with van der Waals surface area (Å²) in [7, 11) is -4.06. The summed E-state index contributed by atoms with van der Waals surface area (Å²) in [6, 6.07) is 3.17. The molecule has 0 aliphatic rings. The molecule has 0 aliphatic heterocycles. The van der Waals surface area contributed by atoms with E-state index in [1.54, 1.807) is 0 Å². The predicted octanol–water partition coefficient (Wildman–Crippen LogP) is 0.400. The highest BCUT2D eigenvalue weighted by molar-refractivity contribution is 7.89. The molecule has 82 valence electrons. The minimum atomic E-state index is -4.06. The molecule has 0 amide bonds. The fourth-order valence-electron chi connectivity index (χ4n) is 0.924. The van der Waals surface area contributed by atoms with Crippen molar-refractivity contribution in [3.63, 3.8) is 0 Å². The van der Waals surface area contributed by atoms with Crippen molar-refractivity contribution in [3.8, 4) is 0 Å². The van der Waals surface area contributed by atoms with E-state index >= 15 is 0 Å². The normalized spacial score (nSPS) is 11.3. The minimum absolute atomic E-state index is 0.0673. The molecule has 1 aromatic carbocycles. The van der Waals surface area contributed by atoms with Gasteiger partial charge >= 0.3 is 0 Å². The summed E-state index contributed by atoms with van der Waals surface area (Å²) in [6.07, 6.45) is 0. The second-order valence-electron chi connectivity index (χ2n) is 2.49. The number of nitrogens with one attached hydrogen (secondary N) is 1. The summed E-state index contributed by atoms with van der Waals surface area (Å²) in [5.74, 6) is 4.75. The number of nitro groups is 1. The van der Waals surface area contributed by atoms with Crippen LogP contribution >= 0.6 is 11.6 Å². The molecule has 1 aromatic rings. The molecular weight excluding hydrogens is 246 g/mol. The third-order valence-electron chi connectivity index (χ3n) is 1.56. The average Bonchev–Trinajstić information content (AvgIpc) is 2.17. The predicted molar refractivity (Wildman–Crippen MR) is 52.6 cm³/mol. The van der Waals surface area contributed by atoms with Gasteiger partial charge in [0.2, 0.25) is 0 Å². The Balaban J connectivity index is 3.49. The van der Waals surface area contributed by atoms with Crippen molar-refractivity contribution in [2.45, 2.75) is 4.90 Å². The first-order valence-corrected chi connectivity index (χ1v) is 5.41. The van der Waals surface area contributed by atoms with E-state index in [2.05, 4.69) is 0 Å². The van der Waals surface area contributed by atoms with Crippen LogP contribution in [-0.4, -0.2) is 13.3 Å². The van der Waals surface area contributed by atoms with Gasteiger partial charge in [-0.25, -0.2) is 8.42 Å². The van der Waals surface area contributed by atoms with Crippen LogP contribution in [0.1, 0.15) is 0 Å². The Kier molecular flexibility index (Phi) is 3.25. The van der Waals surface area contributed by atoms with Crippen LogP contribution in [0.3, 0.4) is 0 Å². The van der Waals surface area contributed by atoms with Crippen molar-refractivity contribution >= 4 is 27.3 Å². The van der Waals surface area contributed by atoms with Crippen molar-refractivity contribution in [1.82, 2.24) is 4.83 Å². The third kappa shape index (κ3) is 2.42. The molecule has 0 fully saturated rings. The molecule has 15 heavy (non-hydrogen) atoms. The second-order valence-corrected chi connectivity index (χ2v) is 4.61. The lowest BCUT2D eigenvalue weighted by molar-refractivity contribution is -0.387. The van der Waals surface area contributed by atoms with Crippen molar-refractivity contribution in [2.24, 2.45) is 5.84 Å². The number of hydrogen-bond donors (Lipinski definition) is 2. The number of halogens is 1. The van der Waals surface area contributed by atoms with E-state index in [-0.39, 0.29) is 5.02 Å². The summed E-state index contributed by atoms with van der Waals surface area (Å²) < 4.78 is 22.5. The van der Waals surface area contributed by atoms with E-state index in [0.717, 1.165) is 12.1 Å². The number of hydrogen-bond acceptors (Lipinski definition) is 5. The summed E-state index contributed by atoms with van der Waals surface area (Å²) in [4.78, 5) is 10.7. The zero-order chi connectivity index (χ0) is 11.6. The van der Waals surface area contributed by atoms with Gasteiger partial charge < -0.3 is 0 Å². The van der Waals surface area contributed by atoms with Crippen molar-refractivity contribution in [3.05, 3.63) is 33.3 Å². The van der Waals surface area contributed by atoms with E-state index in [1.165, 1.54) is 10.9 Å². The van der Waals surface area contributed by atoms with Gasteiger partial charge in [-0.05, 0) is 12.1 Å². The van der Waals surface area contributed by atoms with Crippen LogP contribution in [0.15, 0.2) is 23.1 Å². The van der Waals surface area contributed by atoms with Gasteiger partial charge in [-0.2, -0.15) is 0 Å². The van der Waals surface area contributed by atoms with Gasteiger partial charge in [-0.15, -0.1) is 4.83 Å². The van der Waals surface area contributed by atoms with E-state index in [4.69, 9.17) is 17.4 Å². The van der Waals surface area contributed by atoms with E-state index in [0.29, 0.717) is 0 Å². The van der Waals surface area contributed by atoms with E-state index in [9.17, 15) is 18.5 Å². The van der Waals surface area contributed by atoms with Crippen LogP contribution in [-0.2, 0) is 10.0 Å². The van der Waals surface area contributed by atoms with Gasteiger partial charge in [0.25, 0.3) is 15.7 Å². The van der Waals surface area contributed by atoms with Crippen LogP contribution < -0.4 is 10.7 Å². The van der Waals surface area contributed by atoms with Gasteiger partial charge in [0, 0.05) is 11.1 Å². The number of rotatable bonds is 3. The molecule has 0 heterocycles. The lowest BCUT2D eigenvalue weighted by Crippen LogP contribution is -2.30. The molecule has 0 atom stereocenters. The lowest BCUT2D eigenvalue weighted by Gasteiger charge is -2.03. The number of benzene rings is 1. The molecule has 0 unspecified atom stereocenters. The fraction of sp³-hybridized carbons (Fsp3) is 0. The molecule has 7 nitrogen and oxygen atoms in total. The SMILES string of the molecule is NNS(=O)(=O)c1ccc(Cl)cc1[N+](=O)[O-]. The molecule has 0 bridgehead atoms. The molecule has 0 aromatic heterocycles. The van der Waals surface area contributed by atoms with E-state index < -0.39 is 25.5 Å². The first kappa shape index (κ1) is 11.9. The highest BCUT2D eigenvalue weighted by Gasteiger charge is 2.24. The van der Waals surface area contributed by atoms with Crippen molar-refractivity contribution in [2.75, 3.05) is 0 Å². The first-order valence-electron chi connectivity index (χ1n) is 3.55. The quantitative estimate of drug-likeness (QED) is 0.458. The monoisotopic (exact) mass is 251 g/mol. The minimum Gasteiger partial charge on any atom is -0.258 e. The summed E-state index contributed by atoms with van der Waals surface area (Å²) in [6.45, 7) is 0. The molecule has 9 heteroatoms. The molecule has 1 rings (SSSR count). The standard InChI is InChI=1S/C6H6ClN3O4S/c7-4-1-2-6(15(13,14)9-8)5(3-4)10(11)12/h1-3,9H,8H2. The smallest absolute Gasteiger partial charge is 0.258 e. The number of nitrogens with zero attached hydrogens (tertiary/aromatic N) is 1. The summed E-state index contributed by atoms with van der Waals surface area (Å²) in [5.41, 5.74) is -0.625. The summed E-state index contributed by atoms with van der Waals surface area (Å²) in [5, 5.41) is 10.6. The highest BCUT2D eigenvalue weighted by Crippen LogP contribution is 2.26. The van der Waals surface area contributed by atoms with Crippen LogP contribution in [0.25, 0.3) is 0 Å². The second kappa shape index (κ2) is 4.11. The molecule has 0 saturated carbocycles. The van der Waals surface area contributed by atoms with Gasteiger partial charge in [0.15, 0.2) is 4.90 Å². The van der Waals surface area contributed by atoms with Crippen LogP contribution in [0.5, 0.6) is 0 Å². The van der Waals surface area contributed by atoms with Crippen LogP contribution in [0.2, 0.25) is 5.02 Å². The number of nitro benzene ring substituents is 1. The molecule has 0 spiro atoms. The molecular formula is C6H6ClN3O4S. The Bertz CT molecular complexity index is 501. The van der Waals surface area contributed by atoms with Gasteiger partial charge in [-0.3, -0.25) is 16.0 Å². The maximum Gasteiger partial charge on any atom is 0.290 e. The lowest BCUT2D eigenvalue weighted by atomic mass is 10.3. The Morgan fingerprint density at radius 3 is 2.53 bits per heavy atom. The first-order chi connectivity index (χ1) is 6.88. The Morgan fingerprint density at radius 1 is 1.47 bits per heavy atom. The van der Waals surface area contributed by atoms with Crippen LogP contribution in [0, 0.1) is 10.1 Å². The number of sulfonamides is 1. The maximum absolute atomic E-state index is 11.3. The topological polar surface area (TPSA) is 115 Å². The van der Waals surface area contributed by atoms with E-state index in [1.807, 2.05) is 0 Å².